The first-order chi connectivity index (χ1) is 10.9. The smallest absolute Gasteiger partial charge is 0.273 e. The highest BCUT2D eigenvalue weighted by Crippen LogP contribution is 2.29. The van der Waals surface area contributed by atoms with Crippen LogP contribution in [0.2, 0.25) is 5.02 Å². The molecular formula is C17H14BrClN2O2. The Kier molecular flexibility index (Phi) is 4.17. The number of benzene rings is 2. The number of hydrogen-bond acceptors (Lipinski definition) is 2. The summed E-state index contributed by atoms with van der Waals surface area (Å²) in [6, 6.07) is 10.9. The van der Waals surface area contributed by atoms with Crippen molar-refractivity contribution >= 4 is 38.4 Å². The van der Waals surface area contributed by atoms with Crippen molar-refractivity contribution in [3.8, 4) is 5.69 Å². The van der Waals surface area contributed by atoms with E-state index >= 15 is 0 Å². The first kappa shape index (κ1) is 16.0. The van der Waals surface area contributed by atoms with Gasteiger partial charge in [-0.3, -0.25) is 14.3 Å². The molecule has 2 aromatic carbocycles. The van der Waals surface area contributed by atoms with Crippen LogP contribution in [0.4, 0.5) is 0 Å². The van der Waals surface area contributed by atoms with Gasteiger partial charge in [0.1, 0.15) is 0 Å². The Morgan fingerprint density at radius 2 is 1.87 bits per heavy atom. The maximum absolute atomic E-state index is 12.5. The van der Waals surface area contributed by atoms with Crippen LogP contribution in [-0.2, 0) is 0 Å². The monoisotopic (exact) mass is 392 g/mol. The second-order valence-electron chi connectivity index (χ2n) is 5.59. The number of aromatic nitrogens is 2. The molecule has 0 spiro atoms. The van der Waals surface area contributed by atoms with Crippen molar-refractivity contribution in [3.63, 3.8) is 0 Å². The van der Waals surface area contributed by atoms with Crippen LogP contribution in [0.1, 0.15) is 25.3 Å². The zero-order chi connectivity index (χ0) is 16.7. The summed E-state index contributed by atoms with van der Waals surface area (Å²) in [7, 11) is 0. The summed E-state index contributed by atoms with van der Waals surface area (Å²) in [6.07, 6.45) is 0. The Hall–Kier alpha value is -1.85. The molecule has 0 fully saturated rings. The van der Waals surface area contributed by atoms with Crippen LogP contribution < -0.4 is 11.2 Å². The number of fused-ring (bicyclic) bond motifs is 1. The minimum absolute atomic E-state index is 0.232. The van der Waals surface area contributed by atoms with Crippen LogP contribution in [-0.4, -0.2) is 9.55 Å². The van der Waals surface area contributed by atoms with Crippen molar-refractivity contribution in [2.75, 3.05) is 0 Å². The van der Waals surface area contributed by atoms with Crippen molar-refractivity contribution < 1.29 is 0 Å². The van der Waals surface area contributed by atoms with Crippen LogP contribution in [0.25, 0.3) is 16.6 Å². The molecule has 3 aromatic rings. The quantitative estimate of drug-likeness (QED) is 0.709. The molecule has 23 heavy (non-hydrogen) atoms. The number of rotatable bonds is 2. The summed E-state index contributed by atoms with van der Waals surface area (Å²) in [5.41, 5.74) is 1.38. The number of nitrogens with zero attached hydrogens (tertiary/aromatic N) is 1. The van der Waals surface area contributed by atoms with E-state index in [-0.39, 0.29) is 5.92 Å². The number of hydrogen-bond donors (Lipinski definition) is 1. The summed E-state index contributed by atoms with van der Waals surface area (Å²) in [6.45, 7) is 4.12. The number of nitrogens with one attached hydrogen (secondary N) is 1. The highest BCUT2D eigenvalue weighted by atomic mass is 79.9. The van der Waals surface area contributed by atoms with E-state index in [9.17, 15) is 9.59 Å². The molecule has 6 heteroatoms. The summed E-state index contributed by atoms with van der Waals surface area (Å²) in [4.78, 5) is 27.0. The van der Waals surface area contributed by atoms with E-state index in [0.717, 1.165) is 11.3 Å². The molecule has 1 aromatic heterocycles. The third-order valence-corrected chi connectivity index (χ3v) is 4.94. The molecule has 0 amide bonds. The summed E-state index contributed by atoms with van der Waals surface area (Å²) >= 11 is 9.45. The fourth-order valence-corrected chi connectivity index (χ4v) is 3.15. The lowest BCUT2D eigenvalue weighted by molar-refractivity contribution is 0.835. The van der Waals surface area contributed by atoms with Crippen LogP contribution in [0.15, 0.2) is 50.5 Å². The van der Waals surface area contributed by atoms with Gasteiger partial charge in [0.05, 0.1) is 21.6 Å². The van der Waals surface area contributed by atoms with Gasteiger partial charge in [-0.25, -0.2) is 4.79 Å². The van der Waals surface area contributed by atoms with E-state index < -0.39 is 11.2 Å². The Bertz CT molecular complexity index is 1020. The first-order valence-electron chi connectivity index (χ1n) is 7.13. The van der Waals surface area contributed by atoms with E-state index in [2.05, 4.69) is 34.8 Å². The molecule has 3 rings (SSSR count). The third-order valence-electron chi connectivity index (χ3n) is 3.75. The molecule has 0 atom stereocenters. The number of aromatic amines is 1. The van der Waals surface area contributed by atoms with Gasteiger partial charge >= 0.3 is 5.69 Å². The molecule has 1 N–H and O–H groups in total. The first-order valence-corrected chi connectivity index (χ1v) is 8.30. The fourth-order valence-electron chi connectivity index (χ4n) is 2.65. The molecule has 118 valence electrons. The molecule has 4 nitrogen and oxygen atoms in total. The van der Waals surface area contributed by atoms with Crippen LogP contribution >= 0.6 is 27.5 Å². The van der Waals surface area contributed by atoms with Gasteiger partial charge < -0.3 is 0 Å². The third kappa shape index (κ3) is 2.75. The SMILES string of the molecule is CC(C)c1ccccc1-n1c(=O)[nH]c(=O)c2cc(Cl)c(Br)cc21. The number of halogens is 2. The van der Waals surface area contributed by atoms with Crippen molar-refractivity contribution in [1.82, 2.24) is 9.55 Å². The van der Waals surface area contributed by atoms with Crippen LogP contribution in [0, 0.1) is 0 Å². The zero-order valence-corrected chi connectivity index (χ0v) is 14.9. The topological polar surface area (TPSA) is 54.9 Å². The lowest BCUT2D eigenvalue weighted by Crippen LogP contribution is -2.30. The van der Waals surface area contributed by atoms with E-state index in [0.29, 0.717) is 20.4 Å². The van der Waals surface area contributed by atoms with Gasteiger partial charge in [0.15, 0.2) is 0 Å². The standard InChI is InChI=1S/C17H14BrClN2O2/c1-9(2)10-5-3-4-6-14(10)21-15-8-12(18)13(19)7-11(15)16(22)20-17(21)23/h3-9H,1-2H3,(H,20,22,23). The number of H-pyrrole nitrogens is 1. The van der Waals surface area contributed by atoms with Crippen LogP contribution in [0.5, 0.6) is 0 Å². The van der Waals surface area contributed by atoms with Gasteiger partial charge in [-0.05, 0) is 45.6 Å². The highest BCUT2D eigenvalue weighted by molar-refractivity contribution is 9.10. The lowest BCUT2D eigenvalue weighted by Gasteiger charge is -2.16. The van der Waals surface area contributed by atoms with Gasteiger partial charge in [0.25, 0.3) is 5.56 Å². The second kappa shape index (κ2) is 5.98. The Labute approximate surface area is 145 Å². The normalized spacial score (nSPS) is 11.3. The minimum atomic E-state index is -0.468. The summed E-state index contributed by atoms with van der Waals surface area (Å²) in [5, 5.41) is 0.793. The van der Waals surface area contributed by atoms with Crippen molar-refractivity contribution in [2.45, 2.75) is 19.8 Å². The van der Waals surface area contributed by atoms with Crippen molar-refractivity contribution in [1.29, 1.82) is 0 Å². The Morgan fingerprint density at radius 3 is 2.57 bits per heavy atom. The molecular weight excluding hydrogens is 380 g/mol. The van der Waals surface area contributed by atoms with Crippen molar-refractivity contribution in [2.24, 2.45) is 0 Å². The average molecular weight is 394 g/mol. The molecule has 0 aliphatic carbocycles. The molecule has 0 aliphatic heterocycles. The van der Waals surface area contributed by atoms with E-state index in [1.165, 1.54) is 4.57 Å². The van der Waals surface area contributed by atoms with Crippen LogP contribution in [0.3, 0.4) is 0 Å². The summed E-state index contributed by atoms with van der Waals surface area (Å²) < 4.78 is 2.15. The Balaban J connectivity index is 2.51. The second-order valence-corrected chi connectivity index (χ2v) is 6.85. The van der Waals surface area contributed by atoms with E-state index in [1.54, 1.807) is 12.1 Å². The molecule has 0 saturated heterocycles. The molecule has 0 unspecified atom stereocenters. The lowest BCUT2D eigenvalue weighted by atomic mass is 10.0. The van der Waals surface area contributed by atoms with E-state index in [1.807, 2.05) is 24.3 Å². The maximum Gasteiger partial charge on any atom is 0.333 e. The summed E-state index contributed by atoms with van der Waals surface area (Å²) in [5.74, 6) is 0.232. The number of para-hydroxylation sites is 1. The highest BCUT2D eigenvalue weighted by Gasteiger charge is 2.15. The van der Waals surface area contributed by atoms with Gasteiger partial charge in [-0.1, -0.05) is 43.6 Å². The minimum Gasteiger partial charge on any atom is -0.273 e. The average Bonchev–Trinajstić information content (AvgIpc) is 2.50. The molecule has 0 radical (unpaired) electrons. The molecule has 0 bridgehead atoms. The zero-order valence-electron chi connectivity index (χ0n) is 12.6. The van der Waals surface area contributed by atoms with Crippen molar-refractivity contribution in [3.05, 3.63) is 72.3 Å². The largest absolute Gasteiger partial charge is 0.333 e. The van der Waals surface area contributed by atoms with E-state index in [4.69, 9.17) is 11.6 Å². The maximum atomic E-state index is 12.5. The van der Waals surface area contributed by atoms with Gasteiger partial charge in [0.2, 0.25) is 0 Å². The van der Waals surface area contributed by atoms with Gasteiger partial charge in [-0.2, -0.15) is 0 Å². The van der Waals surface area contributed by atoms with Gasteiger partial charge in [0, 0.05) is 4.47 Å². The predicted molar refractivity (Wildman–Crippen MR) is 97.0 cm³/mol. The Morgan fingerprint density at radius 1 is 1.17 bits per heavy atom. The fraction of sp³-hybridized carbons (Fsp3) is 0.176. The van der Waals surface area contributed by atoms with Gasteiger partial charge in [-0.15, -0.1) is 0 Å². The molecule has 0 saturated carbocycles. The predicted octanol–water partition coefficient (Wildman–Crippen LogP) is 4.22. The molecule has 1 heterocycles. The molecule has 0 aliphatic rings.